The summed E-state index contributed by atoms with van der Waals surface area (Å²) in [5, 5.41) is -0.0522. The van der Waals surface area contributed by atoms with Gasteiger partial charge in [0, 0.05) is 6.07 Å². The molecule has 1 aromatic carbocycles. The van der Waals surface area contributed by atoms with Gasteiger partial charge in [-0.1, -0.05) is 0 Å². The van der Waals surface area contributed by atoms with Gasteiger partial charge in [-0.05, 0) is 30.7 Å². The summed E-state index contributed by atoms with van der Waals surface area (Å²) in [6, 6.07) is 4.42. The van der Waals surface area contributed by atoms with Crippen LogP contribution in [0.2, 0.25) is 5.28 Å². The smallest absolute Gasteiger partial charge is 0.321 e. The highest BCUT2D eigenvalue weighted by molar-refractivity contribution is 6.28. The van der Waals surface area contributed by atoms with Gasteiger partial charge in [-0.2, -0.15) is 15.0 Å². The zero-order chi connectivity index (χ0) is 13.8. The monoisotopic (exact) mass is 283 g/mol. The van der Waals surface area contributed by atoms with Crippen LogP contribution in [0.1, 0.15) is 6.92 Å². The molecule has 2 aromatic rings. The highest BCUT2D eigenvalue weighted by atomic mass is 35.5. The van der Waals surface area contributed by atoms with Gasteiger partial charge in [-0.15, -0.1) is 0 Å². The topological polar surface area (TPSA) is 57.1 Å². The Morgan fingerprint density at radius 1 is 1.26 bits per heavy atom. The van der Waals surface area contributed by atoms with E-state index in [4.69, 9.17) is 21.1 Å². The molecule has 0 saturated carbocycles. The van der Waals surface area contributed by atoms with Crippen molar-refractivity contribution in [3.05, 3.63) is 29.3 Å². The van der Waals surface area contributed by atoms with E-state index in [2.05, 4.69) is 15.0 Å². The summed E-state index contributed by atoms with van der Waals surface area (Å²) in [5.74, 6) is 0.0131. The molecule has 1 heterocycles. The van der Waals surface area contributed by atoms with Crippen molar-refractivity contribution in [1.82, 2.24) is 15.0 Å². The van der Waals surface area contributed by atoms with Gasteiger partial charge < -0.3 is 9.47 Å². The Balaban J connectivity index is 2.46. The first kappa shape index (κ1) is 13.5. The molecule has 0 aliphatic heterocycles. The summed E-state index contributed by atoms with van der Waals surface area (Å²) in [6.45, 7) is 2.16. The number of methoxy groups -OCH3 is 1. The molecule has 0 spiro atoms. The van der Waals surface area contributed by atoms with Gasteiger partial charge in [0.2, 0.25) is 5.28 Å². The molecule has 0 fully saturated rings. The van der Waals surface area contributed by atoms with E-state index in [9.17, 15) is 4.39 Å². The number of rotatable bonds is 4. The third-order valence-electron chi connectivity index (χ3n) is 2.28. The van der Waals surface area contributed by atoms with E-state index < -0.39 is 5.82 Å². The van der Waals surface area contributed by atoms with Crippen LogP contribution >= 0.6 is 11.6 Å². The van der Waals surface area contributed by atoms with Crippen LogP contribution in [-0.4, -0.2) is 28.7 Å². The molecule has 0 N–H and O–H groups in total. The number of aromatic nitrogens is 3. The van der Waals surface area contributed by atoms with E-state index in [-0.39, 0.29) is 22.7 Å². The van der Waals surface area contributed by atoms with Gasteiger partial charge in [-0.25, -0.2) is 4.39 Å². The Morgan fingerprint density at radius 3 is 2.68 bits per heavy atom. The number of nitrogens with zero attached hydrogens (tertiary/aromatic N) is 3. The third kappa shape index (κ3) is 3.08. The summed E-state index contributed by atoms with van der Waals surface area (Å²) >= 11 is 5.76. The molecular formula is C12H11ClFN3O2. The molecule has 0 unspecified atom stereocenters. The zero-order valence-corrected chi connectivity index (χ0v) is 11.1. The average molecular weight is 284 g/mol. The fourth-order valence-electron chi connectivity index (χ4n) is 1.45. The van der Waals surface area contributed by atoms with Gasteiger partial charge in [0.25, 0.3) is 0 Å². The van der Waals surface area contributed by atoms with Gasteiger partial charge in [0.15, 0.2) is 5.82 Å². The van der Waals surface area contributed by atoms with E-state index in [0.717, 1.165) is 0 Å². The minimum atomic E-state index is -0.510. The van der Waals surface area contributed by atoms with Crippen LogP contribution in [0.3, 0.4) is 0 Å². The van der Waals surface area contributed by atoms with Gasteiger partial charge in [0.1, 0.15) is 11.6 Å². The molecular weight excluding hydrogens is 273 g/mol. The van der Waals surface area contributed by atoms with Gasteiger partial charge in [0.05, 0.1) is 19.3 Å². The van der Waals surface area contributed by atoms with E-state index in [1.54, 1.807) is 13.0 Å². The lowest BCUT2D eigenvalue weighted by Gasteiger charge is -2.06. The van der Waals surface area contributed by atoms with E-state index in [0.29, 0.717) is 12.4 Å². The van der Waals surface area contributed by atoms with Crippen molar-refractivity contribution in [2.24, 2.45) is 0 Å². The minimum Gasteiger partial charge on any atom is -0.497 e. The van der Waals surface area contributed by atoms with Gasteiger partial charge in [-0.3, -0.25) is 0 Å². The van der Waals surface area contributed by atoms with Crippen LogP contribution in [0.15, 0.2) is 18.2 Å². The lowest BCUT2D eigenvalue weighted by Crippen LogP contribution is -2.02. The predicted octanol–water partition coefficient (Wildman–Crippen LogP) is 2.74. The molecule has 5 nitrogen and oxygen atoms in total. The van der Waals surface area contributed by atoms with Crippen molar-refractivity contribution in [3.63, 3.8) is 0 Å². The Bertz CT molecular complexity index is 595. The maximum absolute atomic E-state index is 13.9. The number of benzene rings is 1. The summed E-state index contributed by atoms with van der Waals surface area (Å²) in [5.41, 5.74) is 0.200. The minimum absolute atomic E-state index is 0.0522. The Morgan fingerprint density at radius 2 is 2.05 bits per heavy atom. The first-order valence-electron chi connectivity index (χ1n) is 5.52. The summed E-state index contributed by atoms with van der Waals surface area (Å²) in [7, 11) is 1.46. The molecule has 19 heavy (non-hydrogen) atoms. The third-order valence-corrected chi connectivity index (χ3v) is 2.45. The maximum atomic E-state index is 13.9. The lowest BCUT2D eigenvalue weighted by molar-refractivity contribution is 0.312. The van der Waals surface area contributed by atoms with Crippen LogP contribution in [0, 0.1) is 5.82 Å². The largest absolute Gasteiger partial charge is 0.497 e. The SMILES string of the molecule is CCOc1nc(Cl)nc(-c2ccc(OC)cc2F)n1. The van der Waals surface area contributed by atoms with E-state index in [1.807, 2.05) is 0 Å². The summed E-state index contributed by atoms with van der Waals surface area (Å²) in [4.78, 5) is 11.7. The maximum Gasteiger partial charge on any atom is 0.321 e. The Kier molecular flexibility index (Phi) is 4.11. The molecule has 0 saturated heterocycles. The highest BCUT2D eigenvalue weighted by Crippen LogP contribution is 2.25. The number of hydrogen-bond donors (Lipinski definition) is 0. The molecule has 0 bridgehead atoms. The molecule has 2 rings (SSSR count). The first-order chi connectivity index (χ1) is 9.13. The first-order valence-corrected chi connectivity index (χ1v) is 5.90. The van der Waals surface area contributed by atoms with Crippen molar-refractivity contribution in [2.45, 2.75) is 6.92 Å². The predicted molar refractivity (Wildman–Crippen MR) is 68.0 cm³/mol. The number of hydrogen-bond acceptors (Lipinski definition) is 5. The second-order valence-electron chi connectivity index (χ2n) is 3.49. The second kappa shape index (κ2) is 5.79. The molecule has 0 aliphatic rings. The lowest BCUT2D eigenvalue weighted by atomic mass is 10.2. The van der Waals surface area contributed by atoms with Crippen LogP contribution in [0.5, 0.6) is 11.8 Å². The average Bonchev–Trinajstić information content (AvgIpc) is 2.38. The zero-order valence-electron chi connectivity index (χ0n) is 10.4. The Hall–Kier alpha value is -1.95. The second-order valence-corrected chi connectivity index (χ2v) is 3.83. The van der Waals surface area contributed by atoms with E-state index >= 15 is 0 Å². The normalized spacial score (nSPS) is 10.3. The van der Waals surface area contributed by atoms with Crippen molar-refractivity contribution >= 4 is 11.6 Å². The van der Waals surface area contributed by atoms with Crippen LogP contribution < -0.4 is 9.47 Å². The number of ether oxygens (including phenoxy) is 2. The number of halogens is 2. The highest BCUT2D eigenvalue weighted by Gasteiger charge is 2.13. The molecule has 0 amide bonds. The fourth-order valence-corrected chi connectivity index (χ4v) is 1.60. The summed E-state index contributed by atoms with van der Waals surface area (Å²) < 4.78 is 24.0. The summed E-state index contributed by atoms with van der Waals surface area (Å²) in [6.07, 6.45) is 0. The molecule has 0 radical (unpaired) electrons. The van der Waals surface area contributed by atoms with Crippen LogP contribution in [-0.2, 0) is 0 Å². The van der Waals surface area contributed by atoms with Gasteiger partial charge >= 0.3 is 6.01 Å². The molecule has 7 heteroatoms. The molecule has 0 atom stereocenters. The molecule has 0 aliphatic carbocycles. The van der Waals surface area contributed by atoms with Crippen LogP contribution in [0.4, 0.5) is 4.39 Å². The van der Waals surface area contributed by atoms with Crippen molar-refractivity contribution in [2.75, 3.05) is 13.7 Å². The Labute approximate surface area is 114 Å². The molecule has 100 valence electrons. The van der Waals surface area contributed by atoms with E-state index in [1.165, 1.54) is 19.2 Å². The van der Waals surface area contributed by atoms with Crippen LogP contribution in [0.25, 0.3) is 11.4 Å². The standard InChI is InChI=1S/C12H11ClFN3O2/c1-3-19-12-16-10(15-11(13)17-12)8-5-4-7(18-2)6-9(8)14/h4-6H,3H2,1-2H3. The quantitative estimate of drug-likeness (QED) is 0.863. The van der Waals surface area contributed by atoms with Crippen molar-refractivity contribution in [3.8, 4) is 23.1 Å². The fraction of sp³-hybridized carbons (Fsp3) is 0.250. The van der Waals surface area contributed by atoms with Crippen molar-refractivity contribution in [1.29, 1.82) is 0 Å². The van der Waals surface area contributed by atoms with Crippen molar-refractivity contribution < 1.29 is 13.9 Å². The molecule has 1 aromatic heterocycles.